The molecule has 0 amide bonds. The maximum absolute atomic E-state index is 13.9. The highest BCUT2D eigenvalue weighted by atomic mass is 19.1. The van der Waals surface area contributed by atoms with Crippen LogP contribution in [0.15, 0.2) is 24.3 Å². The zero-order valence-corrected chi connectivity index (χ0v) is 11.9. The highest BCUT2D eigenvalue weighted by molar-refractivity contribution is 5.93. The first kappa shape index (κ1) is 14.2. The Morgan fingerprint density at radius 2 is 1.90 bits per heavy atom. The van der Waals surface area contributed by atoms with E-state index in [2.05, 4.69) is 4.98 Å². The van der Waals surface area contributed by atoms with E-state index in [0.29, 0.717) is 5.82 Å². The first-order valence-corrected chi connectivity index (χ1v) is 6.29. The molecule has 5 heteroatoms. The summed E-state index contributed by atoms with van der Waals surface area (Å²) in [5.41, 5.74) is 0.0432. The Labute approximate surface area is 116 Å². The van der Waals surface area contributed by atoms with Gasteiger partial charge in [0.15, 0.2) is 5.69 Å². The second kappa shape index (κ2) is 4.74. The third-order valence-electron chi connectivity index (χ3n) is 3.10. The second-order valence-electron chi connectivity index (χ2n) is 5.73. The van der Waals surface area contributed by atoms with E-state index < -0.39 is 11.8 Å². The van der Waals surface area contributed by atoms with E-state index in [0.717, 1.165) is 0 Å². The smallest absolute Gasteiger partial charge is 0.354 e. The van der Waals surface area contributed by atoms with Gasteiger partial charge in [0.05, 0.1) is 0 Å². The topological polar surface area (TPSA) is 55.1 Å². The van der Waals surface area contributed by atoms with Crippen LogP contribution in [0.2, 0.25) is 0 Å². The van der Waals surface area contributed by atoms with Crippen LogP contribution in [0, 0.1) is 5.82 Å². The van der Waals surface area contributed by atoms with Gasteiger partial charge >= 0.3 is 5.97 Å². The van der Waals surface area contributed by atoms with Gasteiger partial charge in [0, 0.05) is 18.0 Å². The molecule has 0 aliphatic rings. The minimum absolute atomic E-state index is 0.0000231. The van der Waals surface area contributed by atoms with Crippen molar-refractivity contribution in [3.8, 4) is 11.3 Å². The third kappa shape index (κ3) is 2.31. The van der Waals surface area contributed by atoms with Crippen LogP contribution in [0.1, 0.15) is 37.1 Å². The number of carbonyl (C=O) groups is 1. The number of rotatable bonds is 2. The molecule has 20 heavy (non-hydrogen) atoms. The van der Waals surface area contributed by atoms with Crippen molar-refractivity contribution < 1.29 is 14.3 Å². The molecule has 0 saturated heterocycles. The summed E-state index contributed by atoms with van der Waals surface area (Å²) in [4.78, 5) is 15.9. The van der Waals surface area contributed by atoms with Crippen molar-refractivity contribution in [2.75, 3.05) is 0 Å². The number of carboxylic acid groups (broad SMARTS) is 1. The van der Waals surface area contributed by atoms with Gasteiger partial charge in [-0.05, 0) is 12.1 Å². The van der Waals surface area contributed by atoms with Crippen molar-refractivity contribution in [1.82, 2.24) is 9.55 Å². The monoisotopic (exact) mass is 276 g/mol. The van der Waals surface area contributed by atoms with Gasteiger partial charge in [-0.15, -0.1) is 0 Å². The van der Waals surface area contributed by atoms with E-state index in [1.54, 1.807) is 19.2 Å². The molecule has 0 saturated carbocycles. The fourth-order valence-electron chi connectivity index (χ4n) is 2.26. The molecule has 2 rings (SSSR count). The molecule has 1 aromatic carbocycles. The molecule has 0 fully saturated rings. The fourth-order valence-corrected chi connectivity index (χ4v) is 2.26. The lowest BCUT2D eigenvalue weighted by Gasteiger charge is -2.17. The highest BCUT2D eigenvalue weighted by Gasteiger charge is 2.28. The van der Waals surface area contributed by atoms with E-state index in [-0.39, 0.29) is 22.4 Å². The molecule has 0 atom stereocenters. The summed E-state index contributed by atoms with van der Waals surface area (Å²) in [5, 5.41) is 9.39. The number of imidazole rings is 1. The molecule has 4 nitrogen and oxygen atoms in total. The Kier molecular flexibility index (Phi) is 3.38. The fraction of sp³-hybridized carbons (Fsp3) is 0.333. The molecule has 0 radical (unpaired) electrons. The van der Waals surface area contributed by atoms with Crippen LogP contribution in [0.4, 0.5) is 4.39 Å². The minimum atomic E-state index is -1.12. The van der Waals surface area contributed by atoms with E-state index in [1.165, 1.54) is 16.7 Å². The lowest BCUT2D eigenvalue weighted by molar-refractivity contribution is 0.0687. The van der Waals surface area contributed by atoms with Crippen molar-refractivity contribution in [3.05, 3.63) is 41.6 Å². The van der Waals surface area contributed by atoms with Crippen molar-refractivity contribution >= 4 is 5.97 Å². The Hall–Kier alpha value is -2.17. The number of halogens is 1. The van der Waals surface area contributed by atoms with Gasteiger partial charge in [-0.2, -0.15) is 0 Å². The average molecular weight is 276 g/mol. The minimum Gasteiger partial charge on any atom is -0.477 e. The lowest BCUT2D eigenvalue weighted by atomic mass is 9.96. The molecular formula is C15H17FN2O2. The summed E-state index contributed by atoms with van der Waals surface area (Å²) in [5.74, 6) is -0.990. The summed E-state index contributed by atoms with van der Waals surface area (Å²) >= 11 is 0. The summed E-state index contributed by atoms with van der Waals surface area (Å²) < 4.78 is 15.4. The summed E-state index contributed by atoms with van der Waals surface area (Å²) in [6.07, 6.45) is 0. The molecule has 1 N–H and O–H groups in total. The summed E-state index contributed by atoms with van der Waals surface area (Å²) in [6, 6.07) is 6.06. The van der Waals surface area contributed by atoms with E-state index in [9.17, 15) is 14.3 Å². The molecule has 2 aromatic rings. The van der Waals surface area contributed by atoms with Gasteiger partial charge in [-0.3, -0.25) is 0 Å². The van der Waals surface area contributed by atoms with Gasteiger partial charge in [0.25, 0.3) is 0 Å². The zero-order valence-electron chi connectivity index (χ0n) is 11.9. The van der Waals surface area contributed by atoms with E-state index in [1.807, 2.05) is 20.8 Å². The predicted molar refractivity (Wildman–Crippen MR) is 74.3 cm³/mol. The normalized spacial score (nSPS) is 11.7. The molecule has 0 unspecified atom stereocenters. The van der Waals surface area contributed by atoms with Crippen LogP contribution >= 0.6 is 0 Å². The third-order valence-corrected chi connectivity index (χ3v) is 3.10. The van der Waals surface area contributed by atoms with Crippen LogP contribution in [-0.2, 0) is 12.5 Å². The molecule has 0 bridgehead atoms. The van der Waals surface area contributed by atoms with Gasteiger partial charge in [0.1, 0.15) is 17.3 Å². The number of benzene rings is 1. The van der Waals surface area contributed by atoms with Crippen LogP contribution in [0.3, 0.4) is 0 Å². The number of hydrogen-bond acceptors (Lipinski definition) is 2. The van der Waals surface area contributed by atoms with Crippen molar-refractivity contribution in [2.45, 2.75) is 26.2 Å². The largest absolute Gasteiger partial charge is 0.477 e. The van der Waals surface area contributed by atoms with E-state index in [4.69, 9.17) is 0 Å². The zero-order chi connectivity index (χ0) is 15.1. The second-order valence-corrected chi connectivity index (χ2v) is 5.73. The molecule has 0 aliphatic carbocycles. The first-order valence-electron chi connectivity index (χ1n) is 6.29. The molecule has 106 valence electrons. The van der Waals surface area contributed by atoms with E-state index >= 15 is 0 Å². The molecule has 1 heterocycles. The molecular weight excluding hydrogens is 259 g/mol. The first-order chi connectivity index (χ1) is 9.23. The van der Waals surface area contributed by atoms with Crippen LogP contribution in [-0.4, -0.2) is 20.6 Å². The maximum Gasteiger partial charge on any atom is 0.354 e. The van der Waals surface area contributed by atoms with Crippen LogP contribution in [0.25, 0.3) is 11.3 Å². The summed E-state index contributed by atoms with van der Waals surface area (Å²) in [6.45, 7) is 5.81. The Bertz CT molecular complexity index is 669. The van der Waals surface area contributed by atoms with Crippen LogP contribution in [0.5, 0.6) is 0 Å². The van der Waals surface area contributed by atoms with Gasteiger partial charge < -0.3 is 9.67 Å². The number of nitrogens with zero attached hydrogens (tertiary/aromatic N) is 2. The maximum atomic E-state index is 13.9. The van der Waals surface area contributed by atoms with Gasteiger partial charge in [-0.25, -0.2) is 14.2 Å². The Morgan fingerprint density at radius 3 is 2.40 bits per heavy atom. The average Bonchev–Trinajstić information content (AvgIpc) is 2.67. The lowest BCUT2D eigenvalue weighted by Crippen LogP contribution is -2.19. The molecule has 0 aliphatic heterocycles. The number of hydrogen-bond donors (Lipinski definition) is 1. The van der Waals surface area contributed by atoms with Crippen LogP contribution < -0.4 is 0 Å². The SMILES string of the molecule is Cn1c(C(C)(C)C)nc(-c2ccccc2F)c1C(=O)O. The predicted octanol–water partition coefficient (Wildman–Crippen LogP) is 3.22. The quantitative estimate of drug-likeness (QED) is 0.916. The Balaban J connectivity index is 2.77. The Morgan fingerprint density at radius 1 is 1.30 bits per heavy atom. The van der Waals surface area contributed by atoms with Crippen molar-refractivity contribution in [1.29, 1.82) is 0 Å². The van der Waals surface area contributed by atoms with Crippen molar-refractivity contribution in [3.63, 3.8) is 0 Å². The van der Waals surface area contributed by atoms with Gasteiger partial charge in [0.2, 0.25) is 0 Å². The number of aromatic carboxylic acids is 1. The van der Waals surface area contributed by atoms with Gasteiger partial charge in [-0.1, -0.05) is 32.9 Å². The molecule has 0 spiro atoms. The number of aromatic nitrogens is 2. The molecule has 1 aromatic heterocycles. The van der Waals surface area contributed by atoms with Crippen molar-refractivity contribution in [2.24, 2.45) is 7.05 Å². The highest BCUT2D eigenvalue weighted by Crippen LogP contribution is 2.30. The summed E-state index contributed by atoms with van der Waals surface area (Å²) in [7, 11) is 1.64. The standard InChI is InChI=1S/C15H17FN2O2/c1-15(2,3)14-17-11(12(13(19)20)18(14)4)9-7-5-6-8-10(9)16/h5-8H,1-4H3,(H,19,20). The number of carboxylic acids is 1.